The molecule has 0 radical (unpaired) electrons. The molecule has 2 aromatic rings. The van der Waals surface area contributed by atoms with E-state index in [1.54, 1.807) is 12.1 Å². The van der Waals surface area contributed by atoms with Gasteiger partial charge in [-0.25, -0.2) is 13.1 Å². The van der Waals surface area contributed by atoms with Crippen LogP contribution in [0.15, 0.2) is 47.4 Å². The van der Waals surface area contributed by atoms with Gasteiger partial charge in [0.15, 0.2) is 0 Å². The number of hydrogen-bond donors (Lipinski definition) is 2. The molecule has 0 aromatic heterocycles. The minimum atomic E-state index is -4.65. The number of benzene rings is 2. The maximum atomic E-state index is 13.0. The molecule has 0 saturated heterocycles. The number of hydrogen-bond acceptors (Lipinski definition) is 3. The summed E-state index contributed by atoms with van der Waals surface area (Å²) in [6.07, 6.45) is -4.49. The first-order chi connectivity index (χ1) is 12.5. The molecular formula is C17H16ClF3N2O3S. The number of carbonyl (C=O) groups excluding carboxylic acids is 1. The summed E-state index contributed by atoms with van der Waals surface area (Å²) in [6.45, 7) is 0. The van der Waals surface area contributed by atoms with Crippen LogP contribution in [0.3, 0.4) is 0 Å². The molecule has 0 spiro atoms. The number of halogens is 4. The highest BCUT2D eigenvalue weighted by Crippen LogP contribution is 2.36. The summed E-state index contributed by atoms with van der Waals surface area (Å²) in [7, 11) is -2.26. The second-order valence-electron chi connectivity index (χ2n) is 5.59. The van der Waals surface area contributed by atoms with Gasteiger partial charge in [0, 0.05) is 11.4 Å². The number of amides is 1. The maximum Gasteiger partial charge on any atom is 0.418 e. The number of rotatable bonds is 6. The van der Waals surface area contributed by atoms with Crippen LogP contribution in [0.25, 0.3) is 0 Å². The summed E-state index contributed by atoms with van der Waals surface area (Å²) in [6, 6.07) is 8.97. The molecule has 0 saturated carbocycles. The van der Waals surface area contributed by atoms with Crippen molar-refractivity contribution in [1.29, 1.82) is 0 Å². The Morgan fingerprint density at radius 2 is 1.74 bits per heavy atom. The molecule has 0 unspecified atom stereocenters. The van der Waals surface area contributed by atoms with Crippen molar-refractivity contribution in [2.75, 3.05) is 12.4 Å². The van der Waals surface area contributed by atoms with E-state index in [0.29, 0.717) is 5.56 Å². The fraction of sp³-hybridized carbons (Fsp3) is 0.235. The summed E-state index contributed by atoms with van der Waals surface area (Å²) in [4.78, 5) is 12.1. The van der Waals surface area contributed by atoms with Gasteiger partial charge in [0.2, 0.25) is 15.9 Å². The topological polar surface area (TPSA) is 75.3 Å². The molecule has 0 heterocycles. The van der Waals surface area contributed by atoms with Crippen molar-refractivity contribution >= 4 is 33.2 Å². The first-order valence-electron chi connectivity index (χ1n) is 7.72. The van der Waals surface area contributed by atoms with E-state index in [-0.39, 0.29) is 28.4 Å². The molecule has 27 heavy (non-hydrogen) atoms. The van der Waals surface area contributed by atoms with Gasteiger partial charge in [-0.1, -0.05) is 23.7 Å². The van der Waals surface area contributed by atoms with E-state index in [1.165, 1.54) is 25.2 Å². The Labute approximate surface area is 159 Å². The zero-order valence-corrected chi connectivity index (χ0v) is 15.7. The predicted octanol–water partition coefficient (Wildman–Crippen LogP) is 3.84. The van der Waals surface area contributed by atoms with Crippen molar-refractivity contribution in [3.8, 4) is 0 Å². The number of aryl methyl sites for hydroxylation is 1. The third-order valence-electron chi connectivity index (χ3n) is 3.70. The number of alkyl halides is 3. The summed E-state index contributed by atoms with van der Waals surface area (Å²) < 4.78 is 64.6. The zero-order chi connectivity index (χ0) is 20.2. The first kappa shape index (κ1) is 21.2. The van der Waals surface area contributed by atoms with Crippen LogP contribution in [0.5, 0.6) is 0 Å². The second-order valence-corrected chi connectivity index (χ2v) is 7.91. The van der Waals surface area contributed by atoms with E-state index in [1.807, 2.05) is 0 Å². The van der Waals surface area contributed by atoms with Crippen LogP contribution in [-0.4, -0.2) is 21.4 Å². The number of anilines is 1. The Balaban J connectivity index is 2.03. The Morgan fingerprint density at radius 1 is 1.11 bits per heavy atom. The van der Waals surface area contributed by atoms with Crippen LogP contribution in [0.4, 0.5) is 18.9 Å². The largest absolute Gasteiger partial charge is 0.418 e. The quantitative estimate of drug-likeness (QED) is 0.745. The van der Waals surface area contributed by atoms with Gasteiger partial charge < -0.3 is 5.32 Å². The number of carbonyl (C=O) groups is 1. The van der Waals surface area contributed by atoms with E-state index >= 15 is 0 Å². The van der Waals surface area contributed by atoms with Crippen molar-refractivity contribution in [3.05, 3.63) is 58.6 Å². The summed E-state index contributed by atoms with van der Waals surface area (Å²) >= 11 is 5.60. The van der Waals surface area contributed by atoms with Gasteiger partial charge in [-0.05, 0) is 49.4 Å². The molecule has 146 valence electrons. The van der Waals surface area contributed by atoms with Crippen LogP contribution in [0, 0.1) is 0 Å². The second kappa shape index (κ2) is 8.28. The van der Waals surface area contributed by atoms with Gasteiger partial charge in [-0.3, -0.25) is 4.79 Å². The van der Waals surface area contributed by atoms with Crippen molar-refractivity contribution in [1.82, 2.24) is 4.72 Å². The predicted molar refractivity (Wildman–Crippen MR) is 96.1 cm³/mol. The number of sulfonamides is 1. The van der Waals surface area contributed by atoms with Crippen molar-refractivity contribution in [2.45, 2.75) is 23.9 Å². The van der Waals surface area contributed by atoms with Gasteiger partial charge in [-0.2, -0.15) is 13.2 Å². The minimum Gasteiger partial charge on any atom is -0.325 e. The maximum absolute atomic E-state index is 13.0. The Hall–Kier alpha value is -2.10. The standard InChI is InChI=1S/C17H16ClF3N2O3S/c1-22-27(25,26)13-6-2-11(3-7-13)4-9-16(24)23-15-8-5-12(18)10-14(15)17(19,20)21/h2-3,5-8,10,22H,4,9H2,1H3,(H,23,24). The van der Waals surface area contributed by atoms with Crippen LogP contribution >= 0.6 is 11.6 Å². The van der Waals surface area contributed by atoms with Crippen LogP contribution < -0.4 is 10.0 Å². The lowest BCUT2D eigenvalue weighted by Gasteiger charge is -2.14. The average Bonchev–Trinajstić information content (AvgIpc) is 2.61. The van der Waals surface area contributed by atoms with E-state index in [0.717, 1.165) is 12.1 Å². The lowest BCUT2D eigenvalue weighted by Crippen LogP contribution is -2.18. The molecular weight excluding hydrogens is 405 g/mol. The molecule has 0 fully saturated rings. The number of nitrogens with one attached hydrogen (secondary N) is 2. The van der Waals surface area contributed by atoms with Crippen LogP contribution in [-0.2, 0) is 27.4 Å². The lowest BCUT2D eigenvalue weighted by molar-refractivity contribution is -0.137. The average molecular weight is 421 g/mol. The van der Waals surface area contributed by atoms with Gasteiger partial charge in [0.1, 0.15) is 0 Å². The summed E-state index contributed by atoms with van der Waals surface area (Å²) in [5.41, 5.74) is -0.718. The van der Waals surface area contributed by atoms with Gasteiger partial charge >= 0.3 is 6.18 Å². The van der Waals surface area contributed by atoms with Gasteiger partial charge in [0.25, 0.3) is 0 Å². The molecule has 0 atom stereocenters. The third-order valence-corrected chi connectivity index (χ3v) is 5.37. The highest BCUT2D eigenvalue weighted by atomic mass is 35.5. The van der Waals surface area contributed by atoms with Gasteiger partial charge in [-0.15, -0.1) is 0 Å². The zero-order valence-electron chi connectivity index (χ0n) is 14.1. The SMILES string of the molecule is CNS(=O)(=O)c1ccc(CCC(=O)Nc2ccc(Cl)cc2C(F)(F)F)cc1. The Kier molecular flexibility index (Phi) is 6.50. The molecule has 10 heteroatoms. The normalized spacial score (nSPS) is 12.0. The first-order valence-corrected chi connectivity index (χ1v) is 9.58. The van der Waals surface area contributed by atoms with Crippen LogP contribution in [0.2, 0.25) is 5.02 Å². The molecule has 5 nitrogen and oxygen atoms in total. The third kappa shape index (κ3) is 5.69. The summed E-state index contributed by atoms with van der Waals surface area (Å²) in [5, 5.41) is 2.15. The molecule has 2 aromatic carbocycles. The molecule has 2 N–H and O–H groups in total. The van der Waals surface area contributed by atoms with E-state index < -0.39 is 27.7 Å². The van der Waals surface area contributed by atoms with Crippen LogP contribution in [0.1, 0.15) is 17.5 Å². The molecule has 0 aliphatic rings. The minimum absolute atomic E-state index is 0.0714. The monoisotopic (exact) mass is 420 g/mol. The van der Waals surface area contributed by atoms with Crippen molar-refractivity contribution < 1.29 is 26.4 Å². The van der Waals surface area contributed by atoms with Crippen molar-refractivity contribution in [2.24, 2.45) is 0 Å². The Morgan fingerprint density at radius 3 is 2.30 bits per heavy atom. The molecule has 0 bridgehead atoms. The molecule has 0 aliphatic carbocycles. The molecule has 0 aliphatic heterocycles. The highest BCUT2D eigenvalue weighted by molar-refractivity contribution is 7.89. The molecule has 1 amide bonds. The fourth-order valence-electron chi connectivity index (χ4n) is 2.28. The lowest BCUT2D eigenvalue weighted by atomic mass is 10.1. The van der Waals surface area contributed by atoms with E-state index in [4.69, 9.17) is 11.6 Å². The fourth-order valence-corrected chi connectivity index (χ4v) is 3.19. The van der Waals surface area contributed by atoms with E-state index in [2.05, 4.69) is 10.0 Å². The van der Waals surface area contributed by atoms with Crippen molar-refractivity contribution in [3.63, 3.8) is 0 Å². The molecule has 2 rings (SSSR count). The smallest absolute Gasteiger partial charge is 0.325 e. The van der Waals surface area contributed by atoms with Gasteiger partial charge in [0.05, 0.1) is 16.1 Å². The van der Waals surface area contributed by atoms with E-state index in [9.17, 15) is 26.4 Å². The Bertz CT molecular complexity index is 929. The highest BCUT2D eigenvalue weighted by Gasteiger charge is 2.34. The summed E-state index contributed by atoms with van der Waals surface area (Å²) in [5.74, 6) is -0.602.